The van der Waals surface area contributed by atoms with Gasteiger partial charge in [-0.05, 0) is 15.9 Å². The third kappa shape index (κ3) is 1.07. The topological polar surface area (TPSA) is 29.4 Å². The SMILES string of the molecule is CN1C=C(Br)[N]N1. The van der Waals surface area contributed by atoms with Crippen LogP contribution in [0.15, 0.2) is 10.8 Å². The molecule has 0 saturated carbocycles. The highest BCUT2D eigenvalue weighted by molar-refractivity contribution is 9.11. The second-order valence-electron chi connectivity index (χ2n) is 1.27. The zero-order valence-corrected chi connectivity index (χ0v) is 5.44. The molecule has 0 aromatic rings. The van der Waals surface area contributed by atoms with Crippen LogP contribution in [0.2, 0.25) is 0 Å². The van der Waals surface area contributed by atoms with Crippen LogP contribution in [0.25, 0.3) is 0 Å². The fourth-order valence-electron chi connectivity index (χ4n) is 0.344. The number of hydrogen-bond donors (Lipinski definition) is 1. The van der Waals surface area contributed by atoms with Gasteiger partial charge in [-0.2, -0.15) is 5.43 Å². The van der Waals surface area contributed by atoms with Gasteiger partial charge in [0.25, 0.3) is 0 Å². The Bertz CT molecular complexity index is 100. The van der Waals surface area contributed by atoms with E-state index in [1.165, 1.54) is 0 Å². The fraction of sp³-hybridized carbons (Fsp3) is 0.333. The Labute approximate surface area is 50.4 Å². The van der Waals surface area contributed by atoms with E-state index in [1.807, 2.05) is 13.2 Å². The van der Waals surface area contributed by atoms with E-state index >= 15 is 0 Å². The van der Waals surface area contributed by atoms with E-state index in [2.05, 4.69) is 26.9 Å². The van der Waals surface area contributed by atoms with Crippen molar-refractivity contribution in [1.29, 1.82) is 0 Å². The van der Waals surface area contributed by atoms with Crippen LogP contribution in [-0.4, -0.2) is 12.1 Å². The van der Waals surface area contributed by atoms with Gasteiger partial charge < -0.3 is 0 Å². The Morgan fingerprint density at radius 3 is 2.86 bits per heavy atom. The molecule has 1 rings (SSSR count). The minimum Gasteiger partial charge on any atom is -0.297 e. The van der Waals surface area contributed by atoms with Crippen LogP contribution >= 0.6 is 15.9 Å². The van der Waals surface area contributed by atoms with Gasteiger partial charge in [-0.25, -0.2) is 0 Å². The number of hydrazine groups is 1. The molecule has 0 spiro atoms. The molecule has 1 heterocycles. The number of halogens is 1. The summed E-state index contributed by atoms with van der Waals surface area (Å²) < 4.78 is 0.829. The quantitative estimate of drug-likeness (QED) is 0.515. The third-order valence-corrected chi connectivity index (χ3v) is 0.997. The number of hydrogen-bond acceptors (Lipinski definition) is 2. The first-order valence-corrected chi connectivity index (χ1v) is 2.65. The molecule has 0 aromatic carbocycles. The van der Waals surface area contributed by atoms with Crippen molar-refractivity contribution in [3.8, 4) is 0 Å². The summed E-state index contributed by atoms with van der Waals surface area (Å²) in [6.07, 6.45) is 1.83. The van der Waals surface area contributed by atoms with Crippen LogP contribution in [0.1, 0.15) is 0 Å². The van der Waals surface area contributed by atoms with Crippen LogP contribution < -0.4 is 11.0 Å². The smallest absolute Gasteiger partial charge is 0.139 e. The van der Waals surface area contributed by atoms with Gasteiger partial charge >= 0.3 is 0 Å². The molecule has 1 aliphatic heterocycles. The largest absolute Gasteiger partial charge is 0.297 e. The van der Waals surface area contributed by atoms with Crippen LogP contribution in [0.4, 0.5) is 0 Å². The van der Waals surface area contributed by atoms with Crippen molar-refractivity contribution in [3.63, 3.8) is 0 Å². The van der Waals surface area contributed by atoms with E-state index in [-0.39, 0.29) is 0 Å². The second kappa shape index (κ2) is 1.71. The molecule has 0 aromatic heterocycles. The van der Waals surface area contributed by atoms with Crippen molar-refractivity contribution < 1.29 is 0 Å². The van der Waals surface area contributed by atoms with Gasteiger partial charge in [-0.3, -0.25) is 5.01 Å². The Balaban J connectivity index is 2.50. The number of rotatable bonds is 0. The Morgan fingerprint density at radius 1 is 2.00 bits per heavy atom. The highest BCUT2D eigenvalue weighted by Gasteiger charge is 2.02. The van der Waals surface area contributed by atoms with Crippen molar-refractivity contribution >= 4 is 15.9 Å². The molecule has 3 nitrogen and oxygen atoms in total. The van der Waals surface area contributed by atoms with Crippen LogP contribution in [0.3, 0.4) is 0 Å². The summed E-state index contributed by atoms with van der Waals surface area (Å²) in [5, 5.41) is 1.75. The average molecular weight is 163 g/mol. The molecule has 1 aliphatic rings. The van der Waals surface area contributed by atoms with Crippen molar-refractivity contribution in [2.75, 3.05) is 7.05 Å². The predicted molar refractivity (Wildman–Crippen MR) is 30.0 cm³/mol. The summed E-state index contributed by atoms with van der Waals surface area (Å²) >= 11 is 3.17. The minimum absolute atomic E-state index is 0.829. The maximum Gasteiger partial charge on any atom is 0.139 e. The molecule has 0 saturated heterocycles. The lowest BCUT2D eigenvalue weighted by Crippen LogP contribution is -2.27. The first-order valence-electron chi connectivity index (χ1n) is 1.85. The molecule has 39 valence electrons. The van der Waals surface area contributed by atoms with Crippen molar-refractivity contribution in [3.05, 3.63) is 10.8 Å². The summed E-state index contributed by atoms with van der Waals surface area (Å²) in [6.45, 7) is 0. The van der Waals surface area contributed by atoms with E-state index in [1.54, 1.807) is 5.01 Å². The molecule has 1 radical (unpaired) electrons. The molecule has 7 heavy (non-hydrogen) atoms. The van der Waals surface area contributed by atoms with Gasteiger partial charge in [-0.1, -0.05) is 0 Å². The molecule has 4 heteroatoms. The van der Waals surface area contributed by atoms with Crippen LogP contribution in [0, 0.1) is 0 Å². The van der Waals surface area contributed by atoms with Crippen LogP contribution in [0.5, 0.6) is 0 Å². The van der Waals surface area contributed by atoms with E-state index < -0.39 is 0 Å². The summed E-state index contributed by atoms with van der Waals surface area (Å²) in [7, 11) is 1.87. The third-order valence-electron chi connectivity index (χ3n) is 0.615. The molecule has 0 fully saturated rings. The Morgan fingerprint density at radius 2 is 2.71 bits per heavy atom. The zero-order chi connectivity index (χ0) is 5.28. The van der Waals surface area contributed by atoms with Gasteiger partial charge in [0.2, 0.25) is 0 Å². The molecule has 0 atom stereocenters. The predicted octanol–water partition coefficient (Wildman–Crippen LogP) is 0.150. The zero-order valence-electron chi connectivity index (χ0n) is 3.85. The molecular formula is C3H5BrN3. The van der Waals surface area contributed by atoms with E-state index in [0.29, 0.717) is 0 Å². The lowest BCUT2D eigenvalue weighted by molar-refractivity contribution is 0.324. The lowest BCUT2D eigenvalue weighted by Gasteiger charge is -2.02. The van der Waals surface area contributed by atoms with Crippen molar-refractivity contribution in [2.24, 2.45) is 0 Å². The standard InChI is InChI=1S/C3H5BrN3/c1-7-2-3(4)5-6-7/h2,6H,1H3. The van der Waals surface area contributed by atoms with Crippen LogP contribution in [-0.2, 0) is 0 Å². The molecule has 1 N–H and O–H groups in total. The molecule has 0 bridgehead atoms. The lowest BCUT2D eigenvalue weighted by atomic mass is 10.9. The molecule has 0 amide bonds. The van der Waals surface area contributed by atoms with Gasteiger partial charge in [0.1, 0.15) is 4.61 Å². The Kier molecular flexibility index (Phi) is 1.21. The first-order chi connectivity index (χ1) is 3.29. The van der Waals surface area contributed by atoms with E-state index in [0.717, 1.165) is 4.61 Å². The summed E-state index contributed by atoms with van der Waals surface area (Å²) in [4.78, 5) is 0. The average Bonchev–Trinajstić information content (AvgIpc) is 1.87. The molecular weight excluding hydrogens is 158 g/mol. The monoisotopic (exact) mass is 162 g/mol. The van der Waals surface area contributed by atoms with Gasteiger partial charge in [0, 0.05) is 7.05 Å². The van der Waals surface area contributed by atoms with Gasteiger partial charge in [0.05, 0.1) is 6.20 Å². The highest BCUT2D eigenvalue weighted by Crippen LogP contribution is 2.04. The number of nitrogens with one attached hydrogen (secondary N) is 1. The number of nitrogens with zero attached hydrogens (tertiary/aromatic N) is 2. The second-order valence-corrected chi connectivity index (χ2v) is 2.09. The summed E-state index contributed by atoms with van der Waals surface area (Å²) in [6, 6.07) is 0. The fourth-order valence-corrected chi connectivity index (χ4v) is 0.731. The maximum absolute atomic E-state index is 3.77. The van der Waals surface area contributed by atoms with Crippen molar-refractivity contribution in [2.45, 2.75) is 0 Å². The highest BCUT2D eigenvalue weighted by atomic mass is 79.9. The Hall–Kier alpha value is -0.220. The van der Waals surface area contributed by atoms with Gasteiger partial charge in [0.15, 0.2) is 0 Å². The minimum atomic E-state index is 0.829. The maximum atomic E-state index is 3.77. The van der Waals surface area contributed by atoms with Crippen molar-refractivity contribution in [1.82, 2.24) is 16.0 Å². The van der Waals surface area contributed by atoms with Gasteiger partial charge in [-0.15, -0.1) is 5.53 Å². The normalized spacial score (nSPS) is 19.1. The summed E-state index contributed by atoms with van der Waals surface area (Å²) in [5.74, 6) is 0. The molecule has 0 unspecified atom stereocenters. The molecule has 0 aliphatic carbocycles. The first kappa shape index (κ1) is 4.93. The van der Waals surface area contributed by atoms with E-state index in [9.17, 15) is 0 Å². The summed E-state index contributed by atoms with van der Waals surface area (Å²) in [5.41, 5.74) is 6.46. The van der Waals surface area contributed by atoms with E-state index in [4.69, 9.17) is 0 Å².